The molecule has 0 aromatic heterocycles. The Hall–Kier alpha value is -1.32. The molecule has 1 aromatic rings. The monoisotopic (exact) mass is 390 g/mol. The number of carbonyl (C=O) groups is 1. The molecule has 26 heavy (non-hydrogen) atoms. The number of methoxy groups -OCH3 is 1. The lowest BCUT2D eigenvalue weighted by atomic mass is 9.99. The molecule has 0 amide bonds. The van der Waals surface area contributed by atoms with Gasteiger partial charge in [-0.1, -0.05) is 6.92 Å². The third kappa shape index (κ3) is 5.11. The van der Waals surface area contributed by atoms with E-state index in [2.05, 4.69) is 4.74 Å². The van der Waals surface area contributed by atoms with Crippen molar-refractivity contribution in [3.05, 3.63) is 29.8 Å². The predicted molar refractivity (Wildman–Crippen MR) is 90.7 cm³/mol. The molecule has 1 fully saturated rings. The molecule has 146 valence electrons. The van der Waals surface area contributed by atoms with E-state index in [0.717, 1.165) is 0 Å². The standard InChI is InChI=1S/C16H23O9P/c1-3-26(21)23-8-11-12(17)13(18)14(19)16(25-11)24-10-6-4-9(5-7-10)15(20)22-2/h4-7,11-14,16-19,21H,3,8H2,1-2H3/t11?,12-,13?,14?,16+,26?/m1/s1. The van der Waals surface area contributed by atoms with Gasteiger partial charge >= 0.3 is 5.97 Å². The van der Waals surface area contributed by atoms with E-state index in [-0.39, 0.29) is 12.4 Å². The Labute approximate surface area is 152 Å². The van der Waals surface area contributed by atoms with Crippen LogP contribution in [0.25, 0.3) is 0 Å². The number of esters is 1. The first-order valence-electron chi connectivity index (χ1n) is 8.01. The molecule has 0 spiro atoms. The molecule has 6 atom stereocenters. The largest absolute Gasteiger partial charge is 0.465 e. The first kappa shape index (κ1) is 21.0. The minimum Gasteiger partial charge on any atom is -0.465 e. The lowest BCUT2D eigenvalue weighted by Gasteiger charge is -2.40. The Bertz CT molecular complexity index is 582. The molecule has 1 aliphatic rings. The summed E-state index contributed by atoms with van der Waals surface area (Å²) in [6.45, 7) is 1.58. The van der Waals surface area contributed by atoms with E-state index in [1.54, 1.807) is 6.92 Å². The van der Waals surface area contributed by atoms with Crippen LogP contribution in [0.15, 0.2) is 24.3 Å². The van der Waals surface area contributed by atoms with Gasteiger partial charge in [0.05, 0.1) is 19.3 Å². The molecular formula is C16H23O9P. The second-order valence-corrected chi connectivity index (χ2v) is 7.21. The first-order valence-corrected chi connectivity index (χ1v) is 9.41. The van der Waals surface area contributed by atoms with Crippen LogP contribution in [-0.2, 0) is 14.0 Å². The summed E-state index contributed by atoms with van der Waals surface area (Å²) in [6.07, 6.45) is -6.25. The summed E-state index contributed by atoms with van der Waals surface area (Å²) in [5, 5.41) is 30.1. The number of benzene rings is 1. The van der Waals surface area contributed by atoms with Gasteiger partial charge < -0.3 is 38.9 Å². The molecule has 1 aromatic carbocycles. The molecule has 0 saturated carbocycles. The summed E-state index contributed by atoms with van der Waals surface area (Å²) in [5.41, 5.74) is 0.322. The number of hydrogen-bond donors (Lipinski definition) is 4. The minimum atomic E-state index is -1.64. The van der Waals surface area contributed by atoms with Crippen LogP contribution in [0.1, 0.15) is 17.3 Å². The van der Waals surface area contributed by atoms with Crippen molar-refractivity contribution in [1.29, 1.82) is 0 Å². The zero-order valence-corrected chi connectivity index (χ0v) is 15.3. The lowest BCUT2D eigenvalue weighted by Crippen LogP contribution is -2.60. The fourth-order valence-electron chi connectivity index (χ4n) is 2.32. The second kappa shape index (κ2) is 9.57. The Morgan fingerprint density at radius 1 is 1.15 bits per heavy atom. The van der Waals surface area contributed by atoms with E-state index in [9.17, 15) is 25.0 Å². The summed E-state index contributed by atoms with van der Waals surface area (Å²) in [5.74, 6) is -0.222. The maximum atomic E-state index is 11.4. The normalized spacial score (nSPS) is 29.8. The molecule has 10 heteroatoms. The highest BCUT2D eigenvalue weighted by Gasteiger charge is 2.45. The van der Waals surface area contributed by atoms with Crippen LogP contribution >= 0.6 is 8.38 Å². The summed E-state index contributed by atoms with van der Waals surface area (Å²) in [6, 6.07) is 5.91. The summed E-state index contributed by atoms with van der Waals surface area (Å²) >= 11 is 0. The van der Waals surface area contributed by atoms with E-state index >= 15 is 0 Å². The number of carbonyl (C=O) groups excluding carboxylic acids is 1. The van der Waals surface area contributed by atoms with E-state index in [4.69, 9.17) is 14.0 Å². The van der Waals surface area contributed by atoms with E-state index in [1.165, 1.54) is 31.4 Å². The molecule has 2 rings (SSSR count). The van der Waals surface area contributed by atoms with Crippen molar-refractivity contribution in [3.63, 3.8) is 0 Å². The maximum Gasteiger partial charge on any atom is 0.337 e. The van der Waals surface area contributed by atoms with Crippen molar-refractivity contribution in [1.82, 2.24) is 0 Å². The molecule has 4 N–H and O–H groups in total. The molecular weight excluding hydrogens is 367 g/mol. The number of aliphatic hydroxyl groups is 3. The fourth-order valence-corrected chi connectivity index (χ4v) is 2.83. The van der Waals surface area contributed by atoms with Crippen molar-refractivity contribution in [2.24, 2.45) is 0 Å². The topological polar surface area (TPSA) is 135 Å². The zero-order chi connectivity index (χ0) is 19.3. The zero-order valence-electron chi connectivity index (χ0n) is 14.4. The van der Waals surface area contributed by atoms with Crippen LogP contribution in [0.3, 0.4) is 0 Å². The highest BCUT2D eigenvalue weighted by molar-refractivity contribution is 7.46. The summed E-state index contributed by atoms with van der Waals surface area (Å²) in [4.78, 5) is 20.9. The minimum absolute atomic E-state index is 0.165. The van der Waals surface area contributed by atoms with Crippen LogP contribution in [0.2, 0.25) is 0 Å². The molecule has 9 nitrogen and oxygen atoms in total. The van der Waals surface area contributed by atoms with Crippen molar-refractivity contribution < 1.29 is 43.7 Å². The van der Waals surface area contributed by atoms with Gasteiger partial charge in [-0.15, -0.1) is 0 Å². The van der Waals surface area contributed by atoms with Gasteiger partial charge in [-0.2, -0.15) is 0 Å². The first-order chi connectivity index (χ1) is 12.4. The van der Waals surface area contributed by atoms with Crippen molar-refractivity contribution in [3.8, 4) is 5.75 Å². The molecule has 0 aliphatic carbocycles. The molecule has 1 saturated heterocycles. The predicted octanol–water partition coefficient (Wildman–Crippen LogP) is 0.000300. The van der Waals surface area contributed by atoms with E-state index < -0.39 is 45.1 Å². The van der Waals surface area contributed by atoms with Gasteiger partial charge in [-0.25, -0.2) is 4.79 Å². The quantitative estimate of drug-likeness (QED) is 0.375. The van der Waals surface area contributed by atoms with Crippen LogP contribution in [0.5, 0.6) is 5.75 Å². The Morgan fingerprint density at radius 3 is 2.38 bits per heavy atom. The van der Waals surface area contributed by atoms with Crippen molar-refractivity contribution in [2.45, 2.75) is 37.6 Å². The summed E-state index contributed by atoms with van der Waals surface area (Å²) < 4.78 is 20.8. The summed E-state index contributed by atoms with van der Waals surface area (Å²) in [7, 11) is -0.373. The smallest absolute Gasteiger partial charge is 0.337 e. The average Bonchev–Trinajstić information content (AvgIpc) is 2.67. The number of ether oxygens (including phenoxy) is 3. The fraction of sp³-hybridized carbons (Fsp3) is 0.562. The molecule has 0 bridgehead atoms. The molecule has 1 aliphatic heterocycles. The Balaban J connectivity index is 2.03. The van der Waals surface area contributed by atoms with Gasteiger partial charge in [0.1, 0.15) is 30.2 Å². The van der Waals surface area contributed by atoms with Gasteiger partial charge in [0.15, 0.2) is 8.38 Å². The lowest BCUT2D eigenvalue weighted by molar-refractivity contribution is -0.276. The van der Waals surface area contributed by atoms with E-state index in [0.29, 0.717) is 11.7 Å². The van der Waals surface area contributed by atoms with Crippen LogP contribution < -0.4 is 4.74 Å². The van der Waals surface area contributed by atoms with E-state index in [1.807, 2.05) is 0 Å². The highest BCUT2D eigenvalue weighted by atomic mass is 31.2. The van der Waals surface area contributed by atoms with Crippen molar-refractivity contribution >= 4 is 14.3 Å². The van der Waals surface area contributed by atoms with Crippen LogP contribution in [-0.4, -0.2) is 76.8 Å². The molecule has 4 unspecified atom stereocenters. The van der Waals surface area contributed by atoms with Gasteiger partial charge in [0.2, 0.25) is 6.29 Å². The Morgan fingerprint density at radius 2 is 1.81 bits per heavy atom. The number of rotatable bonds is 7. The molecule has 0 radical (unpaired) electrons. The SMILES string of the molecule is CCP(O)OCC1O[C@H](Oc2ccc(C(=O)OC)cc2)C(O)C(O)[C@@H]1O. The number of aliphatic hydroxyl groups excluding tert-OH is 3. The van der Waals surface area contributed by atoms with Gasteiger partial charge in [-0.3, -0.25) is 0 Å². The second-order valence-electron chi connectivity index (χ2n) is 5.61. The Kier molecular flexibility index (Phi) is 7.72. The average molecular weight is 390 g/mol. The van der Waals surface area contributed by atoms with Gasteiger partial charge in [0.25, 0.3) is 0 Å². The van der Waals surface area contributed by atoms with Crippen LogP contribution in [0, 0.1) is 0 Å². The third-order valence-corrected chi connectivity index (χ3v) is 4.84. The molecule has 1 heterocycles. The third-order valence-electron chi connectivity index (χ3n) is 3.85. The number of hydrogen-bond acceptors (Lipinski definition) is 9. The van der Waals surface area contributed by atoms with Crippen molar-refractivity contribution in [2.75, 3.05) is 19.9 Å². The van der Waals surface area contributed by atoms with Gasteiger partial charge in [0, 0.05) is 6.16 Å². The van der Waals surface area contributed by atoms with Gasteiger partial charge in [-0.05, 0) is 24.3 Å². The maximum absolute atomic E-state index is 11.4. The van der Waals surface area contributed by atoms with Crippen LogP contribution in [0.4, 0.5) is 0 Å². The highest BCUT2D eigenvalue weighted by Crippen LogP contribution is 2.32.